The van der Waals surface area contributed by atoms with Gasteiger partial charge in [0.1, 0.15) is 11.4 Å². The highest BCUT2D eigenvalue weighted by Crippen LogP contribution is 2.33. The number of hydrogen-bond donors (Lipinski definition) is 0. The molecule has 154 valence electrons. The van der Waals surface area contributed by atoms with Crippen LogP contribution in [0.3, 0.4) is 0 Å². The topological polar surface area (TPSA) is 63.5 Å². The molecule has 0 atom stereocenters. The molecule has 1 aliphatic heterocycles. The van der Waals surface area contributed by atoms with Gasteiger partial charge in [-0.15, -0.1) is 13.2 Å². The third kappa shape index (κ3) is 4.14. The second-order valence-electron chi connectivity index (χ2n) is 6.75. The number of amides is 1. The van der Waals surface area contributed by atoms with E-state index in [0.29, 0.717) is 47.2 Å². The lowest BCUT2D eigenvalue weighted by atomic mass is 10.2. The molecule has 1 saturated heterocycles. The molecule has 0 N–H and O–H groups in total. The molecule has 1 amide bonds. The molecule has 1 aliphatic rings. The summed E-state index contributed by atoms with van der Waals surface area (Å²) in [5, 5.41) is 4.93. The molecule has 1 aromatic carbocycles. The summed E-state index contributed by atoms with van der Waals surface area (Å²) in [6, 6.07) is 5.88. The van der Waals surface area contributed by atoms with Crippen LogP contribution in [0.2, 0.25) is 0 Å². The maximum Gasteiger partial charge on any atom is 0.573 e. The first-order valence-corrected chi connectivity index (χ1v) is 9.72. The molecule has 0 bridgehead atoms. The Morgan fingerprint density at radius 3 is 2.52 bits per heavy atom. The average molecular weight is 425 g/mol. The van der Waals surface area contributed by atoms with Crippen LogP contribution >= 0.6 is 11.3 Å². The number of fused-ring (bicyclic) bond motifs is 1. The minimum atomic E-state index is -4.73. The third-order valence-corrected chi connectivity index (χ3v) is 5.72. The van der Waals surface area contributed by atoms with Crippen molar-refractivity contribution in [1.29, 1.82) is 0 Å². The fourth-order valence-electron chi connectivity index (χ4n) is 3.30. The zero-order valence-corrected chi connectivity index (χ0v) is 16.5. The minimum absolute atomic E-state index is 0.0639. The number of thiazole rings is 1. The van der Waals surface area contributed by atoms with Crippen LogP contribution in [0, 0.1) is 6.92 Å². The second kappa shape index (κ2) is 7.21. The predicted octanol–water partition coefficient (Wildman–Crippen LogP) is 3.20. The highest BCUT2D eigenvalue weighted by Gasteiger charge is 2.31. The van der Waals surface area contributed by atoms with Gasteiger partial charge in [-0.3, -0.25) is 9.48 Å². The van der Waals surface area contributed by atoms with Crippen molar-refractivity contribution in [2.45, 2.75) is 13.3 Å². The van der Waals surface area contributed by atoms with E-state index in [1.54, 1.807) is 22.7 Å². The lowest BCUT2D eigenvalue weighted by molar-refractivity contribution is -0.274. The number of halogens is 3. The van der Waals surface area contributed by atoms with Crippen molar-refractivity contribution < 1.29 is 22.7 Å². The summed E-state index contributed by atoms with van der Waals surface area (Å²) in [6.45, 7) is 4.08. The van der Waals surface area contributed by atoms with Crippen LogP contribution in [-0.2, 0) is 7.05 Å². The summed E-state index contributed by atoms with van der Waals surface area (Å²) in [5.74, 6) is -0.326. The van der Waals surface area contributed by atoms with E-state index in [2.05, 4.69) is 14.8 Å². The molecule has 1 fully saturated rings. The molecule has 0 unspecified atom stereocenters. The number of hydrogen-bond acceptors (Lipinski definition) is 6. The van der Waals surface area contributed by atoms with Gasteiger partial charge in [0.2, 0.25) is 0 Å². The first kappa shape index (κ1) is 19.5. The summed E-state index contributed by atoms with van der Waals surface area (Å²) in [5.41, 5.74) is 1.95. The smallest absolute Gasteiger partial charge is 0.406 e. The van der Waals surface area contributed by atoms with Crippen LogP contribution in [0.15, 0.2) is 24.3 Å². The molecular weight excluding hydrogens is 407 g/mol. The van der Waals surface area contributed by atoms with Crippen molar-refractivity contribution in [3.05, 3.63) is 35.7 Å². The molecule has 7 nitrogen and oxygen atoms in total. The monoisotopic (exact) mass is 425 g/mol. The fraction of sp³-hybridized carbons (Fsp3) is 0.389. The van der Waals surface area contributed by atoms with E-state index in [9.17, 15) is 18.0 Å². The van der Waals surface area contributed by atoms with Crippen LogP contribution in [0.4, 0.5) is 18.3 Å². The van der Waals surface area contributed by atoms with Crippen molar-refractivity contribution in [2.75, 3.05) is 31.1 Å². The summed E-state index contributed by atoms with van der Waals surface area (Å²) < 4.78 is 43.4. The lowest BCUT2D eigenvalue weighted by Gasteiger charge is -2.34. The second-order valence-corrected chi connectivity index (χ2v) is 7.76. The van der Waals surface area contributed by atoms with Crippen molar-refractivity contribution in [3.8, 4) is 5.75 Å². The van der Waals surface area contributed by atoms with Crippen molar-refractivity contribution in [3.63, 3.8) is 0 Å². The first-order valence-electron chi connectivity index (χ1n) is 8.91. The number of rotatable bonds is 3. The molecule has 0 radical (unpaired) electrons. The van der Waals surface area contributed by atoms with Crippen molar-refractivity contribution >= 4 is 32.6 Å². The minimum Gasteiger partial charge on any atom is -0.406 e. The number of ether oxygens (including phenoxy) is 1. The van der Waals surface area contributed by atoms with Gasteiger partial charge in [-0.05, 0) is 25.1 Å². The van der Waals surface area contributed by atoms with Gasteiger partial charge >= 0.3 is 6.36 Å². The Morgan fingerprint density at radius 2 is 1.90 bits per heavy atom. The molecule has 2 aromatic heterocycles. The number of nitrogens with zero attached hydrogens (tertiary/aromatic N) is 5. The van der Waals surface area contributed by atoms with E-state index < -0.39 is 6.36 Å². The van der Waals surface area contributed by atoms with Gasteiger partial charge in [0.15, 0.2) is 5.13 Å². The van der Waals surface area contributed by atoms with Gasteiger partial charge in [-0.2, -0.15) is 5.10 Å². The largest absolute Gasteiger partial charge is 0.573 e. The molecule has 0 spiro atoms. The third-order valence-electron chi connectivity index (χ3n) is 4.64. The van der Waals surface area contributed by atoms with Gasteiger partial charge in [0.05, 0.1) is 15.9 Å². The normalized spacial score (nSPS) is 15.2. The van der Waals surface area contributed by atoms with Crippen LogP contribution in [0.1, 0.15) is 16.2 Å². The standard InChI is InChI=1S/C18H18F3N5O2S/c1-11-9-14(24(2)23-11)16(27)25-5-7-26(8-6-25)17-22-13-4-3-12(10-15(13)29-17)28-18(19,20)21/h3-4,9-10H,5-8H2,1-2H3. The summed E-state index contributed by atoms with van der Waals surface area (Å²) in [6.07, 6.45) is -4.73. The highest BCUT2D eigenvalue weighted by atomic mass is 32.1. The Morgan fingerprint density at radius 1 is 1.17 bits per heavy atom. The van der Waals surface area contributed by atoms with Gasteiger partial charge in [0, 0.05) is 39.3 Å². The maximum absolute atomic E-state index is 12.7. The quantitative estimate of drug-likeness (QED) is 0.645. The number of carbonyl (C=O) groups excluding carboxylic acids is 1. The van der Waals surface area contributed by atoms with E-state index >= 15 is 0 Å². The summed E-state index contributed by atoms with van der Waals surface area (Å²) >= 11 is 1.31. The summed E-state index contributed by atoms with van der Waals surface area (Å²) in [4.78, 5) is 21.0. The molecule has 29 heavy (non-hydrogen) atoms. The van der Waals surface area contributed by atoms with Crippen LogP contribution in [0.25, 0.3) is 10.2 Å². The van der Waals surface area contributed by atoms with Crippen LogP contribution in [0.5, 0.6) is 5.75 Å². The predicted molar refractivity (Wildman–Crippen MR) is 102 cm³/mol. The first-order chi connectivity index (χ1) is 13.7. The van der Waals surface area contributed by atoms with Gasteiger partial charge < -0.3 is 14.5 Å². The average Bonchev–Trinajstić information content (AvgIpc) is 3.22. The molecular formula is C18H18F3N5O2S. The Bertz CT molecular complexity index is 1050. The van der Waals surface area contributed by atoms with E-state index in [4.69, 9.17) is 0 Å². The van der Waals surface area contributed by atoms with Gasteiger partial charge in [-0.25, -0.2) is 4.98 Å². The zero-order chi connectivity index (χ0) is 20.8. The maximum atomic E-state index is 12.7. The molecule has 0 aliphatic carbocycles. The van der Waals surface area contributed by atoms with Gasteiger partial charge in [0.25, 0.3) is 5.91 Å². The van der Waals surface area contributed by atoms with E-state index in [-0.39, 0.29) is 11.7 Å². The molecule has 3 aromatic rings. The van der Waals surface area contributed by atoms with Crippen molar-refractivity contribution in [2.24, 2.45) is 7.05 Å². The number of carbonyl (C=O) groups is 1. The lowest BCUT2D eigenvalue weighted by Crippen LogP contribution is -2.49. The Labute approximate surface area is 168 Å². The molecule has 4 rings (SSSR count). The Balaban J connectivity index is 1.45. The van der Waals surface area contributed by atoms with E-state index in [1.165, 1.54) is 29.5 Å². The molecule has 0 saturated carbocycles. The molecule has 3 heterocycles. The number of benzene rings is 1. The highest BCUT2D eigenvalue weighted by molar-refractivity contribution is 7.22. The Hall–Kier alpha value is -2.82. The Kier molecular flexibility index (Phi) is 4.85. The SMILES string of the molecule is Cc1cc(C(=O)N2CCN(c3nc4ccc(OC(F)(F)F)cc4s3)CC2)n(C)n1. The van der Waals surface area contributed by atoms with Crippen LogP contribution in [-0.4, -0.2) is 58.1 Å². The van der Waals surface area contributed by atoms with Gasteiger partial charge in [-0.1, -0.05) is 11.3 Å². The summed E-state index contributed by atoms with van der Waals surface area (Å²) in [7, 11) is 1.74. The number of aromatic nitrogens is 3. The van der Waals surface area contributed by atoms with E-state index in [0.717, 1.165) is 5.69 Å². The molecule has 11 heteroatoms. The number of alkyl halides is 3. The number of anilines is 1. The van der Waals surface area contributed by atoms with E-state index in [1.807, 2.05) is 11.8 Å². The fourth-order valence-corrected chi connectivity index (χ4v) is 4.34. The van der Waals surface area contributed by atoms with Crippen LogP contribution < -0.4 is 9.64 Å². The number of aryl methyl sites for hydroxylation is 2. The number of piperazine rings is 1. The zero-order valence-electron chi connectivity index (χ0n) is 15.7. The van der Waals surface area contributed by atoms with Crippen molar-refractivity contribution in [1.82, 2.24) is 19.7 Å².